The van der Waals surface area contributed by atoms with Crippen LogP contribution in [0.15, 0.2) is 42.5 Å². The number of aliphatic carboxylic acids is 1. The second-order valence-electron chi connectivity index (χ2n) is 7.44. The van der Waals surface area contributed by atoms with Crippen molar-refractivity contribution in [3.05, 3.63) is 42.5 Å². The molecule has 1 saturated heterocycles. The van der Waals surface area contributed by atoms with Gasteiger partial charge in [-0.15, -0.1) is 0 Å². The van der Waals surface area contributed by atoms with Crippen molar-refractivity contribution in [3.63, 3.8) is 0 Å². The lowest BCUT2D eigenvalue weighted by Gasteiger charge is -2.26. The Morgan fingerprint density at radius 1 is 1.12 bits per heavy atom. The van der Waals surface area contributed by atoms with Crippen molar-refractivity contribution in [1.82, 2.24) is 4.90 Å². The molecule has 3 rings (SSSR count). The number of rotatable bonds is 3. The normalized spacial score (nSPS) is 20.2. The Kier molecular flexibility index (Phi) is 4.76. The minimum Gasteiger partial charge on any atom is -0.488 e. The lowest BCUT2D eigenvalue weighted by molar-refractivity contribution is -0.142. The van der Waals surface area contributed by atoms with Crippen molar-refractivity contribution in [2.24, 2.45) is 0 Å². The predicted octanol–water partition coefficient (Wildman–Crippen LogP) is 3.68. The number of fused-ring (bicyclic) bond motifs is 1. The predicted molar refractivity (Wildman–Crippen MR) is 97.3 cm³/mol. The number of carbonyl (C=O) groups excluding carboxylic acids is 1. The van der Waals surface area contributed by atoms with Crippen molar-refractivity contribution < 1.29 is 24.2 Å². The highest BCUT2D eigenvalue weighted by Crippen LogP contribution is 2.30. The smallest absolute Gasteiger partial charge is 0.411 e. The van der Waals surface area contributed by atoms with Gasteiger partial charge in [0, 0.05) is 11.8 Å². The SMILES string of the molecule is CC(C)(C)OC(=O)N1CC(Oc2cccc3ccccc23)CC1C(=O)O. The van der Waals surface area contributed by atoms with Crippen molar-refractivity contribution in [3.8, 4) is 5.75 Å². The van der Waals surface area contributed by atoms with E-state index in [4.69, 9.17) is 9.47 Å². The first-order valence-electron chi connectivity index (χ1n) is 8.61. The van der Waals surface area contributed by atoms with E-state index in [1.54, 1.807) is 20.8 Å². The molecule has 2 aromatic carbocycles. The molecule has 6 nitrogen and oxygen atoms in total. The highest BCUT2D eigenvalue weighted by atomic mass is 16.6. The van der Waals surface area contributed by atoms with Gasteiger partial charge in [-0.2, -0.15) is 0 Å². The van der Waals surface area contributed by atoms with Crippen LogP contribution in [-0.2, 0) is 9.53 Å². The van der Waals surface area contributed by atoms with Crippen LogP contribution in [0.4, 0.5) is 4.79 Å². The molecule has 1 amide bonds. The average Bonchev–Trinajstić information content (AvgIpc) is 2.98. The monoisotopic (exact) mass is 357 g/mol. The van der Waals surface area contributed by atoms with Crippen LogP contribution in [0.25, 0.3) is 10.8 Å². The Hall–Kier alpha value is -2.76. The molecule has 6 heteroatoms. The summed E-state index contributed by atoms with van der Waals surface area (Å²) < 4.78 is 11.4. The number of carboxylic acid groups (broad SMARTS) is 1. The van der Waals surface area contributed by atoms with Gasteiger partial charge in [-0.05, 0) is 32.2 Å². The molecule has 1 N–H and O–H groups in total. The number of carbonyl (C=O) groups is 2. The van der Waals surface area contributed by atoms with Gasteiger partial charge in [-0.1, -0.05) is 36.4 Å². The number of nitrogens with zero attached hydrogens (tertiary/aromatic N) is 1. The van der Waals surface area contributed by atoms with Gasteiger partial charge in [0.15, 0.2) is 0 Å². The summed E-state index contributed by atoms with van der Waals surface area (Å²) in [6.45, 7) is 5.43. The van der Waals surface area contributed by atoms with E-state index in [-0.39, 0.29) is 13.0 Å². The molecule has 2 unspecified atom stereocenters. The Balaban J connectivity index is 1.79. The zero-order valence-electron chi connectivity index (χ0n) is 15.1. The standard InChI is InChI=1S/C20H23NO5/c1-20(2,3)26-19(24)21-12-14(11-16(21)18(22)23)25-17-10-6-8-13-7-4-5-9-15(13)17/h4-10,14,16H,11-12H2,1-3H3,(H,22,23). The van der Waals surface area contributed by atoms with E-state index >= 15 is 0 Å². The zero-order chi connectivity index (χ0) is 18.9. The average molecular weight is 357 g/mol. The summed E-state index contributed by atoms with van der Waals surface area (Å²) in [7, 11) is 0. The highest BCUT2D eigenvalue weighted by Gasteiger charge is 2.42. The van der Waals surface area contributed by atoms with Crippen LogP contribution in [0.3, 0.4) is 0 Å². The van der Waals surface area contributed by atoms with Gasteiger partial charge < -0.3 is 14.6 Å². The fourth-order valence-corrected chi connectivity index (χ4v) is 3.12. The fourth-order valence-electron chi connectivity index (χ4n) is 3.12. The third kappa shape index (κ3) is 3.90. The van der Waals surface area contributed by atoms with Gasteiger partial charge in [0.25, 0.3) is 0 Å². The van der Waals surface area contributed by atoms with Crippen molar-refractivity contribution >= 4 is 22.8 Å². The maximum Gasteiger partial charge on any atom is 0.411 e. The quantitative estimate of drug-likeness (QED) is 0.907. The molecule has 1 aliphatic heterocycles. The molecule has 2 atom stereocenters. The van der Waals surface area contributed by atoms with Crippen molar-refractivity contribution in [1.29, 1.82) is 0 Å². The van der Waals surface area contributed by atoms with Gasteiger partial charge in [0.05, 0.1) is 6.54 Å². The van der Waals surface area contributed by atoms with Crippen LogP contribution in [0.5, 0.6) is 5.75 Å². The number of hydrogen-bond acceptors (Lipinski definition) is 4. The van der Waals surface area contributed by atoms with E-state index in [9.17, 15) is 14.7 Å². The van der Waals surface area contributed by atoms with Gasteiger partial charge in [0.2, 0.25) is 0 Å². The van der Waals surface area contributed by atoms with Crippen LogP contribution < -0.4 is 4.74 Å². The third-order valence-electron chi connectivity index (χ3n) is 4.22. The van der Waals surface area contributed by atoms with Crippen LogP contribution in [0.1, 0.15) is 27.2 Å². The first kappa shape index (κ1) is 18.0. The van der Waals surface area contributed by atoms with E-state index in [0.29, 0.717) is 5.75 Å². The van der Waals surface area contributed by atoms with Crippen molar-refractivity contribution in [2.45, 2.75) is 44.9 Å². The van der Waals surface area contributed by atoms with Crippen LogP contribution >= 0.6 is 0 Å². The van der Waals surface area contributed by atoms with Crippen LogP contribution in [0.2, 0.25) is 0 Å². The Morgan fingerprint density at radius 3 is 2.50 bits per heavy atom. The molecule has 0 saturated carbocycles. The number of ether oxygens (including phenoxy) is 2. The largest absolute Gasteiger partial charge is 0.488 e. The Bertz CT molecular complexity index is 821. The molecular weight excluding hydrogens is 334 g/mol. The van der Waals surface area contributed by atoms with Crippen LogP contribution in [-0.4, -0.2) is 46.4 Å². The lowest BCUT2D eigenvalue weighted by atomic mass is 10.1. The fraction of sp³-hybridized carbons (Fsp3) is 0.400. The molecule has 26 heavy (non-hydrogen) atoms. The number of hydrogen-bond donors (Lipinski definition) is 1. The van der Waals surface area contributed by atoms with Gasteiger partial charge in [-0.25, -0.2) is 9.59 Å². The molecule has 138 valence electrons. The summed E-state index contributed by atoms with van der Waals surface area (Å²) in [4.78, 5) is 25.2. The summed E-state index contributed by atoms with van der Waals surface area (Å²) in [6.07, 6.45) is -0.819. The number of benzene rings is 2. The summed E-state index contributed by atoms with van der Waals surface area (Å²) in [5, 5.41) is 11.5. The van der Waals surface area contributed by atoms with Gasteiger partial charge >= 0.3 is 12.1 Å². The number of likely N-dealkylation sites (tertiary alicyclic amines) is 1. The summed E-state index contributed by atoms with van der Waals surface area (Å²) in [5.74, 6) is -0.372. The summed E-state index contributed by atoms with van der Waals surface area (Å²) in [5.41, 5.74) is -0.686. The lowest BCUT2D eigenvalue weighted by Crippen LogP contribution is -2.43. The highest BCUT2D eigenvalue weighted by molar-refractivity contribution is 5.88. The molecule has 0 radical (unpaired) electrons. The van der Waals surface area contributed by atoms with Gasteiger partial charge in [0.1, 0.15) is 23.5 Å². The van der Waals surface area contributed by atoms with E-state index in [1.807, 2.05) is 42.5 Å². The van der Waals surface area contributed by atoms with E-state index < -0.39 is 29.8 Å². The molecule has 0 spiro atoms. The maximum atomic E-state index is 12.4. The zero-order valence-corrected chi connectivity index (χ0v) is 15.1. The number of amides is 1. The molecule has 1 aliphatic rings. The van der Waals surface area contributed by atoms with E-state index in [2.05, 4.69) is 0 Å². The minimum atomic E-state index is -1.06. The summed E-state index contributed by atoms with van der Waals surface area (Å²) in [6, 6.07) is 12.6. The first-order valence-corrected chi connectivity index (χ1v) is 8.61. The second-order valence-corrected chi connectivity index (χ2v) is 7.44. The number of carboxylic acids is 1. The second kappa shape index (κ2) is 6.86. The molecule has 0 aromatic heterocycles. The molecule has 2 aromatic rings. The molecular formula is C20H23NO5. The minimum absolute atomic E-state index is 0.176. The summed E-state index contributed by atoms with van der Waals surface area (Å²) >= 11 is 0. The van der Waals surface area contributed by atoms with E-state index in [0.717, 1.165) is 10.8 Å². The Morgan fingerprint density at radius 2 is 1.81 bits per heavy atom. The first-order chi connectivity index (χ1) is 12.2. The molecule has 1 heterocycles. The topological polar surface area (TPSA) is 76.1 Å². The Labute approximate surface area is 152 Å². The van der Waals surface area contributed by atoms with Crippen molar-refractivity contribution in [2.75, 3.05) is 6.54 Å². The van der Waals surface area contributed by atoms with Gasteiger partial charge in [-0.3, -0.25) is 4.90 Å². The third-order valence-corrected chi connectivity index (χ3v) is 4.22. The van der Waals surface area contributed by atoms with Crippen LogP contribution in [0, 0.1) is 0 Å². The molecule has 0 aliphatic carbocycles. The molecule has 0 bridgehead atoms. The molecule has 1 fully saturated rings. The maximum absolute atomic E-state index is 12.4. The van der Waals surface area contributed by atoms with E-state index in [1.165, 1.54) is 4.90 Å².